The Morgan fingerprint density at radius 3 is 2.26 bits per heavy atom. The van der Waals surface area contributed by atoms with Crippen LogP contribution in [0.15, 0.2) is 30.4 Å². The van der Waals surface area contributed by atoms with Gasteiger partial charge in [0.05, 0.1) is 23.3 Å². The highest BCUT2D eigenvalue weighted by Gasteiger charge is 2.32. The van der Waals surface area contributed by atoms with Gasteiger partial charge in [0.25, 0.3) is 0 Å². The van der Waals surface area contributed by atoms with Gasteiger partial charge in [-0.05, 0) is 56.6 Å². The smallest absolute Gasteiger partial charge is 0.183 e. The minimum atomic E-state index is -0.319. The van der Waals surface area contributed by atoms with Gasteiger partial charge in [0.1, 0.15) is 0 Å². The van der Waals surface area contributed by atoms with Gasteiger partial charge in [-0.15, -0.1) is 0 Å². The van der Waals surface area contributed by atoms with E-state index in [1.54, 1.807) is 6.07 Å². The summed E-state index contributed by atoms with van der Waals surface area (Å²) < 4.78 is 11.9. The fraction of sp³-hybridized carbons (Fsp3) is 0.579. The summed E-state index contributed by atoms with van der Waals surface area (Å²) in [6.45, 7) is 3.64. The first-order valence-electron chi connectivity index (χ1n) is 8.48. The average Bonchev–Trinajstić information content (AvgIpc) is 2.59. The summed E-state index contributed by atoms with van der Waals surface area (Å²) in [4.78, 5) is 0. The number of ether oxygens (including phenoxy) is 2. The van der Waals surface area contributed by atoms with E-state index in [1.807, 2.05) is 12.1 Å². The van der Waals surface area contributed by atoms with Crippen LogP contribution in [0.25, 0.3) is 0 Å². The van der Waals surface area contributed by atoms with Crippen LogP contribution in [0.3, 0.4) is 0 Å². The lowest BCUT2D eigenvalue weighted by atomic mass is 9.76. The van der Waals surface area contributed by atoms with Crippen LogP contribution >= 0.6 is 23.2 Å². The Balaban J connectivity index is 1.51. The number of benzene rings is 1. The zero-order valence-electron chi connectivity index (χ0n) is 13.5. The molecule has 0 unspecified atom stereocenters. The molecule has 0 bridgehead atoms. The number of hydrogen-bond donors (Lipinski definition) is 0. The minimum Gasteiger partial charge on any atom is -0.348 e. The molecule has 1 heterocycles. The van der Waals surface area contributed by atoms with E-state index in [1.165, 1.54) is 25.7 Å². The van der Waals surface area contributed by atoms with E-state index in [-0.39, 0.29) is 6.29 Å². The summed E-state index contributed by atoms with van der Waals surface area (Å²) in [5.74, 6) is 2.01. The number of rotatable bonds is 3. The predicted octanol–water partition coefficient (Wildman–Crippen LogP) is 6.04. The normalized spacial score (nSPS) is 32.3. The van der Waals surface area contributed by atoms with Crippen molar-refractivity contribution < 1.29 is 9.47 Å². The minimum absolute atomic E-state index is 0.319. The van der Waals surface area contributed by atoms with Gasteiger partial charge in [-0.1, -0.05) is 41.4 Å². The third kappa shape index (κ3) is 4.30. The van der Waals surface area contributed by atoms with Gasteiger partial charge < -0.3 is 9.47 Å². The molecule has 1 aromatic rings. The van der Waals surface area contributed by atoms with E-state index >= 15 is 0 Å². The molecule has 4 heteroatoms. The molecule has 1 aliphatic heterocycles. The Morgan fingerprint density at radius 2 is 1.65 bits per heavy atom. The van der Waals surface area contributed by atoms with Crippen LogP contribution in [0.5, 0.6) is 0 Å². The van der Waals surface area contributed by atoms with Gasteiger partial charge in [0.2, 0.25) is 0 Å². The van der Waals surface area contributed by atoms with Gasteiger partial charge in [-0.3, -0.25) is 0 Å². The summed E-state index contributed by atoms with van der Waals surface area (Å²) in [5, 5.41) is 1.10. The third-order valence-corrected chi connectivity index (χ3v) is 5.83. The van der Waals surface area contributed by atoms with E-state index in [2.05, 4.69) is 19.1 Å². The van der Waals surface area contributed by atoms with Crippen LogP contribution < -0.4 is 0 Å². The molecule has 0 aromatic heterocycles. The fourth-order valence-corrected chi connectivity index (χ4v) is 4.03. The zero-order valence-corrected chi connectivity index (χ0v) is 15.0. The van der Waals surface area contributed by atoms with Crippen LogP contribution in [-0.2, 0) is 9.47 Å². The summed E-state index contributed by atoms with van der Waals surface area (Å²) in [6, 6.07) is 5.54. The van der Waals surface area contributed by atoms with E-state index in [0.717, 1.165) is 30.6 Å². The molecule has 1 aliphatic carbocycles. The third-order valence-electron chi connectivity index (χ3n) is 5.09. The molecule has 0 amide bonds. The molecule has 1 aromatic carbocycles. The Hall–Kier alpha value is -0.540. The predicted molar refractivity (Wildman–Crippen MR) is 94.9 cm³/mol. The van der Waals surface area contributed by atoms with E-state index in [4.69, 9.17) is 32.7 Å². The largest absolute Gasteiger partial charge is 0.348 e. The molecule has 0 spiro atoms. The Bertz CT molecular complexity index is 542. The molecule has 0 radical (unpaired) electrons. The first kappa shape index (κ1) is 17.3. The molecule has 2 aliphatic rings. The molecule has 0 N–H and O–H groups in total. The Kier molecular flexibility index (Phi) is 6.03. The molecule has 1 saturated heterocycles. The lowest BCUT2D eigenvalue weighted by molar-refractivity contribution is -0.214. The lowest BCUT2D eigenvalue weighted by Crippen LogP contribution is -2.34. The van der Waals surface area contributed by atoms with E-state index in [9.17, 15) is 0 Å². The number of allylic oxidation sites excluding steroid dienone is 2. The average molecular weight is 355 g/mol. The van der Waals surface area contributed by atoms with Gasteiger partial charge in [0, 0.05) is 11.5 Å². The van der Waals surface area contributed by atoms with Crippen LogP contribution in [0.2, 0.25) is 10.0 Å². The first-order chi connectivity index (χ1) is 11.2. The molecular formula is C19H24Cl2O2. The van der Waals surface area contributed by atoms with E-state index < -0.39 is 0 Å². The summed E-state index contributed by atoms with van der Waals surface area (Å²) in [6.07, 6.45) is 9.36. The van der Waals surface area contributed by atoms with Crippen molar-refractivity contribution >= 4 is 23.2 Å². The van der Waals surface area contributed by atoms with Crippen LogP contribution in [0.4, 0.5) is 0 Å². The summed E-state index contributed by atoms with van der Waals surface area (Å²) in [5.41, 5.74) is 0.939. The zero-order chi connectivity index (χ0) is 16.2. The maximum atomic E-state index is 6.07. The topological polar surface area (TPSA) is 18.5 Å². The van der Waals surface area contributed by atoms with Crippen molar-refractivity contribution in [1.29, 1.82) is 0 Å². The van der Waals surface area contributed by atoms with Crippen LogP contribution in [0.1, 0.15) is 44.5 Å². The standard InChI is InChI=1S/C19H24Cl2O2/c1-2-3-13-4-6-14(7-5-13)16-11-22-19(23-12-16)15-8-9-17(20)18(21)10-15/h2-3,8-10,13-14,16,19H,4-7,11-12H2,1H3/b3-2+/t13-,14-,16-,19-. The SMILES string of the molecule is C/C=C/[C@H]1CC[C@H]([C@H]2CO[C@H](c3ccc(Cl)c(Cl)c3)OC2)CC1. The number of hydrogen-bond acceptors (Lipinski definition) is 2. The summed E-state index contributed by atoms with van der Waals surface area (Å²) >= 11 is 12.0. The van der Waals surface area contributed by atoms with Crippen molar-refractivity contribution in [3.05, 3.63) is 46.0 Å². The van der Waals surface area contributed by atoms with E-state index in [0.29, 0.717) is 16.0 Å². The molecule has 1 saturated carbocycles. The second kappa shape index (κ2) is 8.02. The van der Waals surface area contributed by atoms with Crippen molar-refractivity contribution in [3.63, 3.8) is 0 Å². The molecule has 23 heavy (non-hydrogen) atoms. The molecule has 2 fully saturated rings. The maximum Gasteiger partial charge on any atom is 0.183 e. The van der Waals surface area contributed by atoms with Crippen molar-refractivity contribution in [2.45, 2.75) is 38.9 Å². The van der Waals surface area contributed by atoms with Crippen LogP contribution in [-0.4, -0.2) is 13.2 Å². The van der Waals surface area contributed by atoms with Crippen molar-refractivity contribution in [2.24, 2.45) is 17.8 Å². The highest BCUT2D eigenvalue weighted by Crippen LogP contribution is 2.38. The maximum absolute atomic E-state index is 6.07. The lowest BCUT2D eigenvalue weighted by Gasteiger charge is -2.37. The van der Waals surface area contributed by atoms with Crippen molar-refractivity contribution in [1.82, 2.24) is 0 Å². The molecule has 2 nitrogen and oxygen atoms in total. The number of halogens is 2. The van der Waals surface area contributed by atoms with Gasteiger partial charge in [0.15, 0.2) is 6.29 Å². The Labute approximate surface area is 148 Å². The summed E-state index contributed by atoms with van der Waals surface area (Å²) in [7, 11) is 0. The molecular weight excluding hydrogens is 331 g/mol. The fourth-order valence-electron chi connectivity index (χ4n) is 3.72. The molecule has 126 valence electrons. The molecule has 3 rings (SSSR count). The second-order valence-electron chi connectivity index (χ2n) is 6.63. The first-order valence-corrected chi connectivity index (χ1v) is 9.24. The molecule has 0 atom stereocenters. The highest BCUT2D eigenvalue weighted by molar-refractivity contribution is 6.42. The highest BCUT2D eigenvalue weighted by atomic mass is 35.5. The quantitative estimate of drug-likeness (QED) is 0.616. The monoisotopic (exact) mass is 354 g/mol. The second-order valence-corrected chi connectivity index (χ2v) is 7.45. The van der Waals surface area contributed by atoms with Crippen molar-refractivity contribution in [3.8, 4) is 0 Å². The van der Waals surface area contributed by atoms with Gasteiger partial charge in [-0.25, -0.2) is 0 Å². The van der Waals surface area contributed by atoms with Crippen molar-refractivity contribution in [2.75, 3.05) is 13.2 Å². The van der Waals surface area contributed by atoms with Gasteiger partial charge in [-0.2, -0.15) is 0 Å². The Morgan fingerprint density at radius 1 is 0.957 bits per heavy atom. The van der Waals surface area contributed by atoms with Crippen LogP contribution in [0, 0.1) is 17.8 Å². The van der Waals surface area contributed by atoms with Gasteiger partial charge >= 0.3 is 0 Å².